The van der Waals surface area contributed by atoms with E-state index in [1.807, 2.05) is 11.0 Å². The van der Waals surface area contributed by atoms with Crippen molar-refractivity contribution < 1.29 is 4.79 Å². The minimum atomic E-state index is -0.420. The number of nitrogens with zero attached hydrogens (tertiary/aromatic N) is 1. The predicted molar refractivity (Wildman–Crippen MR) is 84.5 cm³/mol. The molecule has 2 atom stereocenters. The highest BCUT2D eigenvalue weighted by Crippen LogP contribution is 2.15. The third-order valence-corrected chi connectivity index (χ3v) is 3.51. The Balaban J connectivity index is 2.86. The van der Waals surface area contributed by atoms with Crippen molar-refractivity contribution >= 4 is 5.91 Å². The Morgan fingerprint density at radius 3 is 2.35 bits per heavy atom. The molecule has 1 aromatic carbocycles. The smallest absolute Gasteiger partial charge is 0.239 e. The Kier molecular flexibility index (Phi) is 7.31. The summed E-state index contributed by atoms with van der Waals surface area (Å²) in [6, 6.07) is 10.2. The first kappa shape index (κ1) is 16.7. The zero-order chi connectivity index (χ0) is 15.0. The summed E-state index contributed by atoms with van der Waals surface area (Å²) >= 11 is 0. The fourth-order valence-electron chi connectivity index (χ4n) is 2.56. The van der Waals surface area contributed by atoms with Crippen LogP contribution in [0.15, 0.2) is 30.3 Å². The van der Waals surface area contributed by atoms with Crippen LogP contribution in [0.4, 0.5) is 0 Å². The molecule has 112 valence electrons. The van der Waals surface area contributed by atoms with Crippen LogP contribution in [0.2, 0.25) is 0 Å². The molecule has 0 fully saturated rings. The van der Waals surface area contributed by atoms with Crippen LogP contribution in [-0.2, 0) is 11.2 Å². The zero-order valence-corrected chi connectivity index (χ0v) is 13.0. The highest BCUT2D eigenvalue weighted by Gasteiger charge is 2.24. The van der Waals surface area contributed by atoms with E-state index in [0.29, 0.717) is 0 Å². The van der Waals surface area contributed by atoms with Crippen molar-refractivity contribution in [2.45, 2.75) is 58.5 Å². The monoisotopic (exact) mass is 276 g/mol. The summed E-state index contributed by atoms with van der Waals surface area (Å²) in [5, 5.41) is 0. The van der Waals surface area contributed by atoms with E-state index in [4.69, 9.17) is 5.73 Å². The summed E-state index contributed by atoms with van der Waals surface area (Å²) < 4.78 is 0. The van der Waals surface area contributed by atoms with Gasteiger partial charge in [0.05, 0.1) is 6.04 Å². The number of carbonyl (C=O) groups excluding carboxylic acids is 1. The molecule has 0 saturated heterocycles. The zero-order valence-electron chi connectivity index (χ0n) is 13.0. The van der Waals surface area contributed by atoms with Crippen LogP contribution in [-0.4, -0.2) is 29.4 Å². The largest absolute Gasteiger partial charge is 0.338 e. The molecule has 0 aromatic heterocycles. The van der Waals surface area contributed by atoms with Gasteiger partial charge in [-0.05, 0) is 31.7 Å². The van der Waals surface area contributed by atoms with Crippen molar-refractivity contribution in [3.8, 4) is 0 Å². The molecule has 0 radical (unpaired) electrons. The van der Waals surface area contributed by atoms with Gasteiger partial charge in [-0.15, -0.1) is 0 Å². The Morgan fingerprint density at radius 1 is 1.20 bits per heavy atom. The molecule has 0 aliphatic carbocycles. The fourth-order valence-corrected chi connectivity index (χ4v) is 2.56. The second kappa shape index (κ2) is 8.75. The topological polar surface area (TPSA) is 46.3 Å². The normalized spacial score (nSPS) is 13.8. The van der Waals surface area contributed by atoms with Gasteiger partial charge in [0.15, 0.2) is 0 Å². The summed E-state index contributed by atoms with van der Waals surface area (Å²) in [7, 11) is 0. The summed E-state index contributed by atoms with van der Waals surface area (Å²) in [5.41, 5.74) is 7.09. The van der Waals surface area contributed by atoms with E-state index in [0.717, 1.165) is 32.2 Å². The first-order chi connectivity index (χ1) is 9.60. The van der Waals surface area contributed by atoms with E-state index < -0.39 is 6.04 Å². The maximum absolute atomic E-state index is 12.3. The molecule has 2 N–H and O–H groups in total. The van der Waals surface area contributed by atoms with Crippen molar-refractivity contribution in [3.63, 3.8) is 0 Å². The molecule has 0 aliphatic rings. The predicted octanol–water partition coefficient (Wildman–Crippen LogP) is 2.98. The van der Waals surface area contributed by atoms with Gasteiger partial charge >= 0.3 is 0 Å². The highest BCUT2D eigenvalue weighted by atomic mass is 16.2. The molecule has 1 aromatic rings. The number of hydrogen-bond acceptors (Lipinski definition) is 2. The molecule has 0 aliphatic heterocycles. The van der Waals surface area contributed by atoms with Crippen molar-refractivity contribution in [1.29, 1.82) is 0 Å². The van der Waals surface area contributed by atoms with Gasteiger partial charge in [0.2, 0.25) is 5.91 Å². The molecule has 0 spiro atoms. The minimum Gasteiger partial charge on any atom is -0.338 e. The number of benzene rings is 1. The van der Waals surface area contributed by atoms with Crippen LogP contribution in [0.5, 0.6) is 0 Å². The van der Waals surface area contributed by atoms with Gasteiger partial charge in [0, 0.05) is 12.6 Å². The average molecular weight is 276 g/mol. The van der Waals surface area contributed by atoms with Gasteiger partial charge in [-0.2, -0.15) is 0 Å². The first-order valence-electron chi connectivity index (χ1n) is 7.70. The van der Waals surface area contributed by atoms with E-state index >= 15 is 0 Å². The molecule has 1 amide bonds. The third-order valence-electron chi connectivity index (χ3n) is 3.51. The third kappa shape index (κ3) is 4.97. The van der Waals surface area contributed by atoms with Crippen LogP contribution >= 0.6 is 0 Å². The van der Waals surface area contributed by atoms with Gasteiger partial charge in [-0.3, -0.25) is 4.79 Å². The van der Waals surface area contributed by atoms with Crippen molar-refractivity contribution in [3.05, 3.63) is 35.9 Å². The number of nitrogens with two attached hydrogens (primary N) is 1. The van der Waals surface area contributed by atoms with Crippen LogP contribution in [0.1, 0.15) is 45.6 Å². The number of carbonyl (C=O) groups is 1. The minimum absolute atomic E-state index is 0.0706. The molecule has 1 unspecified atom stereocenters. The summed E-state index contributed by atoms with van der Waals surface area (Å²) in [6.07, 6.45) is 3.97. The van der Waals surface area contributed by atoms with Crippen LogP contribution in [0.25, 0.3) is 0 Å². The quantitative estimate of drug-likeness (QED) is 0.793. The van der Waals surface area contributed by atoms with E-state index in [9.17, 15) is 4.79 Å². The lowest BCUT2D eigenvalue weighted by molar-refractivity contribution is -0.134. The number of amides is 1. The molecule has 0 heterocycles. The van der Waals surface area contributed by atoms with Gasteiger partial charge in [0.1, 0.15) is 0 Å². The average Bonchev–Trinajstić information content (AvgIpc) is 2.44. The lowest BCUT2D eigenvalue weighted by Gasteiger charge is -2.33. The van der Waals surface area contributed by atoms with Crippen LogP contribution < -0.4 is 5.73 Å². The Hall–Kier alpha value is -1.35. The highest BCUT2D eigenvalue weighted by molar-refractivity contribution is 5.81. The van der Waals surface area contributed by atoms with Crippen molar-refractivity contribution in [1.82, 2.24) is 4.90 Å². The van der Waals surface area contributed by atoms with Crippen LogP contribution in [0, 0.1) is 0 Å². The van der Waals surface area contributed by atoms with Crippen molar-refractivity contribution in [2.75, 3.05) is 6.54 Å². The van der Waals surface area contributed by atoms with Gasteiger partial charge in [0.25, 0.3) is 0 Å². The molecule has 0 bridgehead atoms. The summed E-state index contributed by atoms with van der Waals surface area (Å²) in [4.78, 5) is 14.3. The number of hydrogen-bond donors (Lipinski definition) is 1. The lowest BCUT2D eigenvalue weighted by Crippen LogP contribution is -2.48. The van der Waals surface area contributed by atoms with Gasteiger partial charge < -0.3 is 10.6 Å². The Morgan fingerprint density at radius 2 is 1.85 bits per heavy atom. The standard InChI is InChI=1S/C17H28N2O/c1-4-9-16(13-15-10-7-6-8-11-15)19(12-5-2)17(20)14(3)18/h6-8,10-11,14,16H,4-5,9,12-13,18H2,1-3H3/t14-,16?/m0/s1. The second-order valence-electron chi connectivity index (χ2n) is 5.45. The Bertz CT molecular complexity index is 389. The summed E-state index contributed by atoms with van der Waals surface area (Å²) in [6.45, 7) is 6.83. The van der Waals surface area contributed by atoms with E-state index in [1.165, 1.54) is 5.56 Å². The lowest BCUT2D eigenvalue weighted by atomic mass is 9.99. The van der Waals surface area contributed by atoms with Crippen molar-refractivity contribution in [2.24, 2.45) is 5.73 Å². The molecular weight excluding hydrogens is 248 g/mol. The van der Waals surface area contributed by atoms with E-state index in [1.54, 1.807) is 6.92 Å². The van der Waals surface area contributed by atoms with Gasteiger partial charge in [-0.25, -0.2) is 0 Å². The first-order valence-corrected chi connectivity index (χ1v) is 7.70. The Labute approximate surface area is 123 Å². The summed E-state index contributed by atoms with van der Waals surface area (Å²) in [5.74, 6) is 0.0706. The maximum atomic E-state index is 12.3. The SMILES string of the molecule is CCCC(Cc1ccccc1)N(CCC)C(=O)[C@H](C)N. The molecular formula is C17H28N2O. The fraction of sp³-hybridized carbons (Fsp3) is 0.588. The maximum Gasteiger partial charge on any atom is 0.239 e. The molecule has 1 rings (SSSR count). The van der Waals surface area contributed by atoms with E-state index in [-0.39, 0.29) is 11.9 Å². The second-order valence-corrected chi connectivity index (χ2v) is 5.45. The van der Waals surface area contributed by atoms with E-state index in [2.05, 4.69) is 38.1 Å². The number of rotatable bonds is 8. The molecule has 20 heavy (non-hydrogen) atoms. The van der Waals surface area contributed by atoms with Crippen LogP contribution in [0.3, 0.4) is 0 Å². The molecule has 3 nitrogen and oxygen atoms in total. The molecule has 0 saturated carbocycles. The van der Waals surface area contributed by atoms with Gasteiger partial charge in [-0.1, -0.05) is 50.6 Å². The molecule has 3 heteroatoms.